The third-order valence-corrected chi connectivity index (χ3v) is 5.37. The van der Waals surface area contributed by atoms with E-state index in [1.54, 1.807) is 19.1 Å². The number of hydrogen-bond donors (Lipinski definition) is 1. The predicted molar refractivity (Wildman–Crippen MR) is 72.2 cm³/mol. The van der Waals surface area contributed by atoms with Gasteiger partial charge in [-0.05, 0) is 31.0 Å². The highest BCUT2D eigenvalue weighted by Gasteiger charge is 2.35. The molecule has 104 valence electrons. The third kappa shape index (κ3) is 2.64. The molecule has 0 saturated carbocycles. The highest BCUT2D eigenvalue weighted by Crippen LogP contribution is 2.20. The quantitative estimate of drug-likeness (QED) is 0.890. The summed E-state index contributed by atoms with van der Waals surface area (Å²) in [5.74, 6) is -0.250. The highest BCUT2D eigenvalue weighted by atomic mass is 32.2. The van der Waals surface area contributed by atoms with E-state index in [0.29, 0.717) is 13.1 Å². The lowest BCUT2D eigenvalue weighted by molar-refractivity contribution is -0.126. The molecule has 5 nitrogen and oxygen atoms in total. The summed E-state index contributed by atoms with van der Waals surface area (Å²) in [4.78, 5) is 11.8. The fourth-order valence-electron chi connectivity index (χ4n) is 2.12. The minimum absolute atomic E-state index is 0.242. The molecule has 1 aromatic carbocycles. The van der Waals surface area contributed by atoms with E-state index < -0.39 is 16.1 Å². The number of hydrogen-bond acceptors (Lipinski definition) is 3. The minimum Gasteiger partial charge on any atom is -0.353 e. The average molecular weight is 282 g/mol. The largest absolute Gasteiger partial charge is 0.353 e. The number of carbonyl (C=O) groups excluding carboxylic acids is 1. The number of benzene rings is 1. The first kappa shape index (κ1) is 14.0. The van der Waals surface area contributed by atoms with Crippen molar-refractivity contribution < 1.29 is 13.2 Å². The van der Waals surface area contributed by atoms with Gasteiger partial charge in [-0.1, -0.05) is 19.1 Å². The lowest BCUT2D eigenvalue weighted by atomic mass is 10.2. The maximum absolute atomic E-state index is 12.5. The van der Waals surface area contributed by atoms with Crippen LogP contribution in [0.4, 0.5) is 0 Å². The van der Waals surface area contributed by atoms with Crippen molar-refractivity contribution in [2.75, 3.05) is 13.1 Å². The Kier molecular flexibility index (Phi) is 3.91. The first-order valence-corrected chi connectivity index (χ1v) is 7.79. The van der Waals surface area contributed by atoms with Gasteiger partial charge in [0.25, 0.3) is 0 Å². The van der Waals surface area contributed by atoms with Gasteiger partial charge in [0.05, 0.1) is 4.90 Å². The molecule has 1 aromatic rings. The molecule has 1 atom stereocenters. The third-order valence-electron chi connectivity index (χ3n) is 3.38. The van der Waals surface area contributed by atoms with Crippen LogP contribution in [-0.2, 0) is 21.2 Å². The van der Waals surface area contributed by atoms with Gasteiger partial charge in [0.15, 0.2) is 0 Å². The Balaban J connectivity index is 2.32. The molecule has 2 rings (SSSR count). The summed E-state index contributed by atoms with van der Waals surface area (Å²) in [6.07, 6.45) is 0.864. The van der Waals surface area contributed by atoms with Gasteiger partial charge < -0.3 is 5.32 Å². The van der Waals surface area contributed by atoms with Crippen molar-refractivity contribution in [1.82, 2.24) is 9.62 Å². The molecule has 0 spiro atoms. The van der Waals surface area contributed by atoms with E-state index in [0.717, 1.165) is 12.0 Å². The van der Waals surface area contributed by atoms with Crippen LogP contribution >= 0.6 is 0 Å². The number of sulfonamides is 1. The number of nitrogens with one attached hydrogen (secondary N) is 1. The van der Waals surface area contributed by atoms with Crippen LogP contribution in [0, 0.1) is 0 Å². The molecule has 0 radical (unpaired) electrons. The molecule has 6 heteroatoms. The van der Waals surface area contributed by atoms with Crippen molar-refractivity contribution in [1.29, 1.82) is 0 Å². The number of rotatable bonds is 3. The van der Waals surface area contributed by atoms with Crippen molar-refractivity contribution in [3.05, 3.63) is 29.8 Å². The maximum Gasteiger partial charge on any atom is 0.243 e. The number of piperazine rings is 1. The Morgan fingerprint density at radius 2 is 1.95 bits per heavy atom. The molecule has 1 aliphatic rings. The van der Waals surface area contributed by atoms with Gasteiger partial charge in [-0.25, -0.2) is 8.42 Å². The Bertz CT molecular complexity index is 566. The van der Waals surface area contributed by atoms with E-state index in [1.165, 1.54) is 4.31 Å². The van der Waals surface area contributed by atoms with Crippen molar-refractivity contribution in [3.8, 4) is 0 Å². The summed E-state index contributed by atoms with van der Waals surface area (Å²) < 4.78 is 26.2. The Morgan fingerprint density at radius 3 is 2.53 bits per heavy atom. The van der Waals surface area contributed by atoms with Gasteiger partial charge in [-0.3, -0.25) is 4.79 Å². The molecule has 1 N–H and O–H groups in total. The minimum atomic E-state index is -3.60. The number of aryl methyl sites for hydroxylation is 1. The van der Waals surface area contributed by atoms with Crippen LogP contribution in [0.3, 0.4) is 0 Å². The van der Waals surface area contributed by atoms with Crippen LogP contribution in [0.25, 0.3) is 0 Å². The van der Waals surface area contributed by atoms with Gasteiger partial charge in [0.2, 0.25) is 15.9 Å². The second-order valence-corrected chi connectivity index (χ2v) is 6.47. The zero-order valence-electron chi connectivity index (χ0n) is 11.1. The Morgan fingerprint density at radius 1 is 1.32 bits per heavy atom. The average Bonchev–Trinajstić information content (AvgIpc) is 2.41. The van der Waals surface area contributed by atoms with Gasteiger partial charge in [-0.15, -0.1) is 0 Å². The van der Waals surface area contributed by atoms with Crippen LogP contribution in [0.2, 0.25) is 0 Å². The SMILES string of the molecule is CCc1ccc(S(=O)(=O)N2CCNC(=O)C2C)cc1. The highest BCUT2D eigenvalue weighted by molar-refractivity contribution is 7.89. The number of amides is 1. The lowest BCUT2D eigenvalue weighted by Gasteiger charge is -2.31. The normalized spacial score (nSPS) is 21.2. The molecule has 0 aromatic heterocycles. The van der Waals surface area contributed by atoms with Crippen LogP contribution in [-0.4, -0.2) is 37.8 Å². The van der Waals surface area contributed by atoms with Crippen molar-refractivity contribution in [3.63, 3.8) is 0 Å². The van der Waals surface area contributed by atoms with Crippen LogP contribution in [0.15, 0.2) is 29.2 Å². The monoisotopic (exact) mass is 282 g/mol. The Labute approximate surface area is 113 Å². The zero-order valence-corrected chi connectivity index (χ0v) is 11.9. The van der Waals surface area contributed by atoms with E-state index >= 15 is 0 Å². The Hall–Kier alpha value is -1.40. The van der Waals surface area contributed by atoms with E-state index in [1.807, 2.05) is 19.1 Å². The predicted octanol–water partition coefficient (Wildman–Crippen LogP) is 0.758. The second kappa shape index (κ2) is 5.30. The summed E-state index contributed by atoms with van der Waals surface area (Å²) in [5.41, 5.74) is 1.09. The topological polar surface area (TPSA) is 66.5 Å². The summed E-state index contributed by atoms with van der Waals surface area (Å²) in [5, 5.41) is 2.66. The smallest absolute Gasteiger partial charge is 0.243 e. The molecule has 1 aliphatic heterocycles. The number of carbonyl (C=O) groups is 1. The molecule has 0 bridgehead atoms. The fourth-order valence-corrected chi connectivity index (χ4v) is 3.72. The molecule has 1 fully saturated rings. The summed E-state index contributed by atoms with van der Waals surface area (Å²) in [6, 6.07) is 6.16. The second-order valence-electron chi connectivity index (χ2n) is 4.58. The van der Waals surface area contributed by atoms with Crippen LogP contribution in [0.1, 0.15) is 19.4 Å². The van der Waals surface area contributed by atoms with E-state index in [2.05, 4.69) is 5.32 Å². The summed E-state index contributed by atoms with van der Waals surface area (Å²) in [6.45, 7) is 4.28. The van der Waals surface area contributed by atoms with Gasteiger partial charge in [0.1, 0.15) is 6.04 Å². The first-order valence-electron chi connectivity index (χ1n) is 6.35. The summed E-state index contributed by atoms with van der Waals surface area (Å²) in [7, 11) is -3.60. The van der Waals surface area contributed by atoms with Gasteiger partial charge in [0, 0.05) is 13.1 Å². The number of nitrogens with zero attached hydrogens (tertiary/aromatic N) is 1. The summed E-state index contributed by atoms with van der Waals surface area (Å²) >= 11 is 0. The van der Waals surface area contributed by atoms with Crippen molar-refractivity contribution >= 4 is 15.9 Å². The lowest BCUT2D eigenvalue weighted by Crippen LogP contribution is -2.55. The van der Waals surface area contributed by atoms with Crippen LogP contribution in [0.5, 0.6) is 0 Å². The first-order chi connectivity index (χ1) is 8.96. The van der Waals surface area contributed by atoms with Gasteiger partial charge >= 0.3 is 0 Å². The molecule has 1 saturated heterocycles. The zero-order chi connectivity index (χ0) is 14.0. The van der Waals surface area contributed by atoms with E-state index in [9.17, 15) is 13.2 Å². The van der Waals surface area contributed by atoms with E-state index in [-0.39, 0.29) is 10.8 Å². The molecular weight excluding hydrogens is 264 g/mol. The van der Waals surface area contributed by atoms with Crippen LogP contribution < -0.4 is 5.32 Å². The van der Waals surface area contributed by atoms with Crippen molar-refractivity contribution in [2.24, 2.45) is 0 Å². The van der Waals surface area contributed by atoms with Crippen molar-refractivity contribution in [2.45, 2.75) is 31.2 Å². The maximum atomic E-state index is 12.5. The fraction of sp³-hybridized carbons (Fsp3) is 0.462. The molecule has 0 aliphatic carbocycles. The molecule has 1 heterocycles. The molecular formula is C13H18N2O3S. The molecule has 1 amide bonds. The standard InChI is InChI=1S/C13H18N2O3S/c1-3-11-4-6-12(7-5-11)19(17,18)15-9-8-14-13(16)10(15)2/h4-7,10H,3,8-9H2,1-2H3,(H,14,16). The van der Waals surface area contributed by atoms with E-state index in [4.69, 9.17) is 0 Å². The molecule has 19 heavy (non-hydrogen) atoms. The van der Waals surface area contributed by atoms with Gasteiger partial charge in [-0.2, -0.15) is 4.31 Å². The molecule has 1 unspecified atom stereocenters.